The van der Waals surface area contributed by atoms with Crippen LogP contribution in [0.4, 0.5) is 5.69 Å². The van der Waals surface area contributed by atoms with Gasteiger partial charge in [0.05, 0.1) is 11.3 Å². The van der Waals surface area contributed by atoms with Crippen molar-refractivity contribution in [1.82, 2.24) is 9.38 Å². The zero-order chi connectivity index (χ0) is 14.8. The van der Waals surface area contributed by atoms with Crippen LogP contribution in [-0.2, 0) is 6.61 Å². The lowest BCUT2D eigenvalue weighted by atomic mass is 10.2. The fourth-order valence-corrected chi connectivity index (χ4v) is 2.02. The van der Waals surface area contributed by atoms with Crippen molar-refractivity contribution < 1.29 is 14.6 Å². The summed E-state index contributed by atoms with van der Waals surface area (Å²) in [4.78, 5) is 15.4. The minimum Gasteiger partial charge on any atom is -0.487 e. The molecule has 0 saturated heterocycles. The maximum absolute atomic E-state index is 11.0. The first-order chi connectivity index (χ1) is 10.1. The third-order valence-electron chi connectivity index (χ3n) is 3.06. The van der Waals surface area contributed by atoms with Gasteiger partial charge in [0.15, 0.2) is 0 Å². The number of carbonyl (C=O) groups is 1. The van der Waals surface area contributed by atoms with Crippen LogP contribution in [0, 0.1) is 0 Å². The van der Waals surface area contributed by atoms with Crippen molar-refractivity contribution in [2.24, 2.45) is 0 Å². The Morgan fingerprint density at radius 2 is 2.19 bits per heavy atom. The fourth-order valence-electron chi connectivity index (χ4n) is 2.02. The van der Waals surface area contributed by atoms with E-state index in [0.717, 1.165) is 11.3 Å². The van der Waals surface area contributed by atoms with Crippen molar-refractivity contribution in [2.45, 2.75) is 6.61 Å². The van der Waals surface area contributed by atoms with Crippen LogP contribution in [-0.4, -0.2) is 20.5 Å². The molecule has 3 N–H and O–H groups in total. The van der Waals surface area contributed by atoms with E-state index in [9.17, 15) is 4.79 Å². The van der Waals surface area contributed by atoms with Gasteiger partial charge in [-0.1, -0.05) is 6.07 Å². The quantitative estimate of drug-likeness (QED) is 0.716. The third kappa shape index (κ3) is 2.64. The molecule has 3 aromatic rings. The number of fused-ring (bicyclic) bond motifs is 1. The van der Waals surface area contributed by atoms with Gasteiger partial charge in [-0.05, 0) is 30.3 Å². The Labute approximate surface area is 120 Å². The molecule has 3 rings (SSSR count). The van der Waals surface area contributed by atoms with Crippen molar-refractivity contribution in [1.29, 1.82) is 0 Å². The second kappa shape index (κ2) is 5.16. The van der Waals surface area contributed by atoms with Crippen molar-refractivity contribution in [2.75, 3.05) is 5.73 Å². The molecule has 0 aliphatic rings. The largest absolute Gasteiger partial charge is 0.487 e. The Kier molecular flexibility index (Phi) is 3.19. The second-order valence-corrected chi connectivity index (χ2v) is 4.54. The van der Waals surface area contributed by atoms with Gasteiger partial charge in [-0.15, -0.1) is 0 Å². The smallest absolute Gasteiger partial charge is 0.337 e. The lowest BCUT2D eigenvalue weighted by Gasteiger charge is -2.06. The van der Waals surface area contributed by atoms with E-state index < -0.39 is 5.97 Å². The van der Waals surface area contributed by atoms with Gasteiger partial charge in [-0.25, -0.2) is 9.78 Å². The number of benzene rings is 1. The Balaban J connectivity index is 1.78. The number of ether oxygens (including phenoxy) is 1. The van der Waals surface area contributed by atoms with Gasteiger partial charge in [0.25, 0.3) is 0 Å². The van der Waals surface area contributed by atoms with Crippen LogP contribution in [0.25, 0.3) is 5.65 Å². The number of rotatable bonds is 4. The Morgan fingerprint density at radius 1 is 1.33 bits per heavy atom. The fraction of sp³-hybridized carbons (Fsp3) is 0.0667. The number of hydrogen-bond donors (Lipinski definition) is 2. The van der Waals surface area contributed by atoms with Crippen molar-refractivity contribution in [3.8, 4) is 5.75 Å². The first-order valence-corrected chi connectivity index (χ1v) is 6.32. The average Bonchev–Trinajstić information content (AvgIpc) is 2.89. The first-order valence-electron chi connectivity index (χ1n) is 6.32. The highest BCUT2D eigenvalue weighted by molar-refractivity contribution is 5.94. The summed E-state index contributed by atoms with van der Waals surface area (Å²) in [6.45, 7) is 0.255. The molecular weight excluding hydrogens is 270 g/mol. The molecule has 6 heteroatoms. The van der Waals surface area contributed by atoms with Crippen LogP contribution in [0.3, 0.4) is 0 Å². The maximum Gasteiger partial charge on any atom is 0.337 e. The summed E-state index contributed by atoms with van der Waals surface area (Å²) in [6.07, 6.45) is 3.77. The summed E-state index contributed by atoms with van der Waals surface area (Å²) >= 11 is 0. The molecule has 21 heavy (non-hydrogen) atoms. The van der Waals surface area contributed by atoms with Crippen LogP contribution >= 0.6 is 0 Å². The zero-order valence-corrected chi connectivity index (χ0v) is 11.1. The molecule has 2 aromatic heterocycles. The summed E-state index contributed by atoms with van der Waals surface area (Å²) < 4.78 is 7.47. The van der Waals surface area contributed by atoms with Crippen molar-refractivity contribution in [3.05, 3.63) is 60.0 Å². The van der Waals surface area contributed by atoms with Gasteiger partial charge in [0.1, 0.15) is 18.0 Å². The number of pyridine rings is 1. The highest BCUT2D eigenvalue weighted by atomic mass is 16.5. The van der Waals surface area contributed by atoms with Gasteiger partial charge in [-0.2, -0.15) is 0 Å². The van der Waals surface area contributed by atoms with E-state index in [1.165, 1.54) is 12.1 Å². The molecule has 0 atom stereocenters. The molecule has 0 bridgehead atoms. The number of aromatic nitrogens is 2. The summed E-state index contributed by atoms with van der Waals surface area (Å²) in [6, 6.07) is 10.3. The average molecular weight is 283 g/mol. The predicted octanol–water partition coefficient (Wildman–Crippen LogP) is 2.19. The van der Waals surface area contributed by atoms with Crippen LogP contribution < -0.4 is 10.5 Å². The third-order valence-corrected chi connectivity index (χ3v) is 3.06. The zero-order valence-electron chi connectivity index (χ0n) is 11.1. The summed E-state index contributed by atoms with van der Waals surface area (Å²) in [5, 5.41) is 9.02. The molecule has 1 aromatic carbocycles. The standard InChI is InChI=1S/C15H13N3O3/c16-13-5-4-11(7-12(13)15(19)20)21-9-10-8-18-6-2-1-3-14(18)17-10/h1-8H,9,16H2,(H,19,20). The van der Waals surface area contributed by atoms with E-state index in [2.05, 4.69) is 4.98 Å². The number of carboxylic acid groups (broad SMARTS) is 1. The normalized spacial score (nSPS) is 10.7. The van der Waals surface area contributed by atoms with E-state index in [0.29, 0.717) is 5.75 Å². The number of carboxylic acids is 1. The number of nitrogens with zero attached hydrogens (tertiary/aromatic N) is 2. The molecule has 0 radical (unpaired) electrons. The molecule has 0 spiro atoms. The lowest BCUT2D eigenvalue weighted by molar-refractivity contribution is 0.0697. The molecule has 0 fully saturated rings. The summed E-state index contributed by atoms with van der Waals surface area (Å²) in [5.74, 6) is -0.635. The molecular formula is C15H13N3O3. The van der Waals surface area contributed by atoms with Crippen LogP contribution in [0.15, 0.2) is 48.8 Å². The topological polar surface area (TPSA) is 89.9 Å². The van der Waals surface area contributed by atoms with Crippen LogP contribution in [0.5, 0.6) is 5.75 Å². The van der Waals surface area contributed by atoms with E-state index in [-0.39, 0.29) is 17.9 Å². The minimum atomic E-state index is -1.08. The predicted molar refractivity (Wildman–Crippen MR) is 77.3 cm³/mol. The number of aromatic carboxylic acids is 1. The second-order valence-electron chi connectivity index (χ2n) is 4.54. The molecule has 0 amide bonds. The number of nitrogens with two attached hydrogens (primary N) is 1. The molecule has 0 unspecified atom stereocenters. The Morgan fingerprint density at radius 3 is 2.95 bits per heavy atom. The maximum atomic E-state index is 11.0. The Bertz CT molecular complexity index is 778. The van der Waals surface area contributed by atoms with Gasteiger partial charge in [-0.3, -0.25) is 0 Å². The summed E-state index contributed by atoms with van der Waals surface area (Å²) in [7, 11) is 0. The highest BCUT2D eigenvalue weighted by Crippen LogP contribution is 2.20. The molecule has 0 saturated carbocycles. The van der Waals surface area contributed by atoms with Crippen LogP contribution in [0.1, 0.15) is 16.1 Å². The number of imidazole rings is 1. The van der Waals surface area contributed by atoms with Crippen molar-refractivity contribution >= 4 is 17.3 Å². The van der Waals surface area contributed by atoms with E-state index in [1.54, 1.807) is 6.07 Å². The van der Waals surface area contributed by atoms with E-state index >= 15 is 0 Å². The molecule has 106 valence electrons. The van der Waals surface area contributed by atoms with Gasteiger partial charge in [0.2, 0.25) is 0 Å². The molecule has 2 heterocycles. The summed E-state index contributed by atoms with van der Waals surface area (Å²) in [5.41, 5.74) is 7.43. The number of hydrogen-bond acceptors (Lipinski definition) is 4. The Hall–Kier alpha value is -3.02. The van der Waals surface area contributed by atoms with Crippen LogP contribution in [0.2, 0.25) is 0 Å². The monoisotopic (exact) mass is 283 g/mol. The lowest BCUT2D eigenvalue weighted by Crippen LogP contribution is -2.03. The van der Waals surface area contributed by atoms with Gasteiger partial charge >= 0.3 is 5.97 Å². The highest BCUT2D eigenvalue weighted by Gasteiger charge is 2.09. The molecule has 0 aliphatic heterocycles. The van der Waals surface area contributed by atoms with Gasteiger partial charge in [0, 0.05) is 18.1 Å². The molecule has 6 nitrogen and oxygen atoms in total. The number of anilines is 1. The number of nitrogen functional groups attached to an aromatic ring is 1. The molecule has 0 aliphatic carbocycles. The SMILES string of the molecule is Nc1ccc(OCc2cn3ccccc3n2)cc1C(=O)O. The first kappa shape index (κ1) is 13.0. The van der Waals surface area contributed by atoms with Crippen molar-refractivity contribution in [3.63, 3.8) is 0 Å². The van der Waals surface area contributed by atoms with E-state index in [1.807, 2.05) is 35.0 Å². The van der Waals surface area contributed by atoms with E-state index in [4.69, 9.17) is 15.6 Å². The van der Waals surface area contributed by atoms with Gasteiger partial charge < -0.3 is 20.0 Å². The minimum absolute atomic E-state index is 0.0301.